The summed E-state index contributed by atoms with van der Waals surface area (Å²) in [6.07, 6.45) is -0.0764. The standard InChI is InChI=1S/C12H16FNO3/c1-3-11(17-4-2)12(16)14-10-6-5-8(15)7-9(10)13/h5-7,11,15H,3-4H2,1-2H3,(H,14,16)/t11-/m1/s1. The zero-order chi connectivity index (χ0) is 12.8. The first-order valence-electron chi connectivity index (χ1n) is 5.49. The first kappa shape index (κ1) is 13.4. The lowest BCUT2D eigenvalue weighted by Gasteiger charge is -2.15. The van der Waals surface area contributed by atoms with Gasteiger partial charge in [0, 0.05) is 12.7 Å². The first-order chi connectivity index (χ1) is 8.08. The van der Waals surface area contributed by atoms with Crippen LogP contribution in [0.25, 0.3) is 0 Å². The third-order valence-corrected chi connectivity index (χ3v) is 2.24. The fourth-order valence-corrected chi connectivity index (χ4v) is 1.40. The number of rotatable bonds is 5. The van der Waals surface area contributed by atoms with Crippen LogP contribution in [0.1, 0.15) is 20.3 Å². The molecule has 0 fully saturated rings. The van der Waals surface area contributed by atoms with Crippen LogP contribution in [0.3, 0.4) is 0 Å². The van der Waals surface area contributed by atoms with E-state index < -0.39 is 11.9 Å². The maximum Gasteiger partial charge on any atom is 0.253 e. The van der Waals surface area contributed by atoms with Crippen molar-refractivity contribution < 1.29 is 19.0 Å². The van der Waals surface area contributed by atoms with E-state index in [2.05, 4.69) is 5.32 Å². The van der Waals surface area contributed by atoms with Gasteiger partial charge in [0.25, 0.3) is 5.91 Å². The highest BCUT2D eigenvalue weighted by Gasteiger charge is 2.17. The number of carbonyl (C=O) groups excluding carboxylic acids is 1. The van der Waals surface area contributed by atoms with Crippen molar-refractivity contribution in [2.24, 2.45) is 0 Å². The number of nitrogens with one attached hydrogen (secondary N) is 1. The van der Waals surface area contributed by atoms with Gasteiger partial charge in [-0.25, -0.2) is 4.39 Å². The largest absolute Gasteiger partial charge is 0.508 e. The van der Waals surface area contributed by atoms with Crippen molar-refractivity contribution in [2.75, 3.05) is 11.9 Å². The minimum atomic E-state index is -0.676. The summed E-state index contributed by atoms with van der Waals surface area (Å²) in [7, 11) is 0. The molecule has 94 valence electrons. The molecule has 1 rings (SSSR count). The SMILES string of the molecule is CCO[C@H](CC)C(=O)Nc1ccc(O)cc1F. The molecule has 0 spiro atoms. The number of phenols is 1. The molecular formula is C12H16FNO3. The molecule has 0 aliphatic carbocycles. The van der Waals surface area contributed by atoms with Crippen LogP contribution in [0.2, 0.25) is 0 Å². The van der Waals surface area contributed by atoms with Crippen LogP contribution in [0.15, 0.2) is 18.2 Å². The summed E-state index contributed by atoms with van der Waals surface area (Å²) in [5.41, 5.74) is 0.0333. The van der Waals surface area contributed by atoms with Gasteiger partial charge in [-0.2, -0.15) is 0 Å². The van der Waals surface area contributed by atoms with Crippen molar-refractivity contribution in [2.45, 2.75) is 26.4 Å². The minimum absolute atomic E-state index is 0.0333. The highest BCUT2D eigenvalue weighted by atomic mass is 19.1. The lowest BCUT2D eigenvalue weighted by atomic mass is 10.2. The number of phenolic OH excluding ortho intramolecular Hbond substituents is 1. The van der Waals surface area contributed by atoms with Crippen LogP contribution < -0.4 is 5.32 Å². The fraction of sp³-hybridized carbons (Fsp3) is 0.417. The highest BCUT2D eigenvalue weighted by molar-refractivity contribution is 5.94. The van der Waals surface area contributed by atoms with Crippen molar-refractivity contribution in [3.05, 3.63) is 24.0 Å². The topological polar surface area (TPSA) is 58.6 Å². The number of benzene rings is 1. The summed E-state index contributed by atoms with van der Waals surface area (Å²) >= 11 is 0. The predicted octanol–water partition coefficient (Wildman–Crippen LogP) is 2.28. The van der Waals surface area contributed by atoms with Crippen molar-refractivity contribution in [1.29, 1.82) is 0 Å². The molecule has 17 heavy (non-hydrogen) atoms. The van der Waals surface area contributed by atoms with Gasteiger partial charge in [0.2, 0.25) is 0 Å². The van der Waals surface area contributed by atoms with Gasteiger partial charge in [-0.3, -0.25) is 4.79 Å². The van der Waals surface area contributed by atoms with E-state index in [1.165, 1.54) is 12.1 Å². The van der Waals surface area contributed by atoms with E-state index >= 15 is 0 Å². The summed E-state index contributed by atoms with van der Waals surface area (Å²) in [6.45, 7) is 4.02. The Morgan fingerprint density at radius 2 is 2.24 bits per heavy atom. The fourth-order valence-electron chi connectivity index (χ4n) is 1.40. The zero-order valence-electron chi connectivity index (χ0n) is 9.87. The van der Waals surface area contributed by atoms with Crippen LogP contribution in [0.4, 0.5) is 10.1 Å². The highest BCUT2D eigenvalue weighted by Crippen LogP contribution is 2.19. The Kier molecular flexibility index (Phi) is 4.90. The van der Waals surface area contributed by atoms with Crippen LogP contribution in [0, 0.1) is 5.82 Å². The van der Waals surface area contributed by atoms with Crippen LogP contribution >= 0.6 is 0 Å². The molecule has 1 aromatic carbocycles. The Hall–Kier alpha value is -1.62. The predicted molar refractivity (Wildman–Crippen MR) is 62.4 cm³/mol. The van der Waals surface area contributed by atoms with Gasteiger partial charge < -0.3 is 15.2 Å². The average molecular weight is 241 g/mol. The Bertz CT molecular complexity index is 395. The van der Waals surface area contributed by atoms with E-state index in [4.69, 9.17) is 9.84 Å². The summed E-state index contributed by atoms with van der Waals surface area (Å²) in [5, 5.41) is 11.5. The summed E-state index contributed by atoms with van der Waals surface area (Å²) in [6, 6.07) is 3.55. The van der Waals surface area contributed by atoms with E-state index in [9.17, 15) is 9.18 Å². The van der Waals surface area contributed by atoms with Gasteiger partial charge in [0.05, 0.1) is 5.69 Å². The second-order valence-corrected chi connectivity index (χ2v) is 3.51. The van der Waals surface area contributed by atoms with Crippen molar-refractivity contribution in [3.63, 3.8) is 0 Å². The van der Waals surface area contributed by atoms with Gasteiger partial charge in [0.1, 0.15) is 17.7 Å². The number of carbonyl (C=O) groups is 1. The molecule has 1 atom stereocenters. The van der Waals surface area contributed by atoms with Gasteiger partial charge in [-0.15, -0.1) is 0 Å². The number of aromatic hydroxyl groups is 1. The molecule has 0 saturated carbocycles. The third-order valence-electron chi connectivity index (χ3n) is 2.24. The van der Waals surface area contributed by atoms with Crippen molar-refractivity contribution in [3.8, 4) is 5.75 Å². The van der Waals surface area contributed by atoms with E-state index in [-0.39, 0.29) is 17.3 Å². The summed E-state index contributed by atoms with van der Waals surface area (Å²) in [4.78, 5) is 11.7. The third kappa shape index (κ3) is 3.71. The monoisotopic (exact) mass is 241 g/mol. The molecule has 5 heteroatoms. The van der Waals surface area contributed by atoms with Gasteiger partial charge in [-0.1, -0.05) is 6.92 Å². The van der Waals surface area contributed by atoms with Gasteiger partial charge in [-0.05, 0) is 25.5 Å². The molecule has 0 saturated heterocycles. The number of anilines is 1. The van der Waals surface area contributed by atoms with Gasteiger partial charge >= 0.3 is 0 Å². The Balaban J connectivity index is 2.73. The molecule has 0 aromatic heterocycles. The zero-order valence-corrected chi connectivity index (χ0v) is 9.87. The Morgan fingerprint density at radius 3 is 2.76 bits per heavy atom. The Labute approximate surface area is 99.4 Å². The van der Waals surface area contributed by atoms with E-state index in [1.807, 2.05) is 6.92 Å². The maximum atomic E-state index is 13.3. The van der Waals surface area contributed by atoms with E-state index in [0.29, 0.717) is 13.0 Å². The van der Waals surface area contributed by atoms with Crippen LogP contribution in [-0.2, 0) is 9.53 Å². The Morgan fingerprint density at radius 1 is 1.53 bits per heavy atom. The lowest BCUT2D eigenvalue weighted by molar-refractivity contribution is -0.127. The quantitative estimate of drug-likeness (QED) is 0.777. The molecule has 0 aliphatic heterocycles. The van der Waals surface area contributed by atoms with Crippen molar-refractivity contribution >= 4 is 11.6 Å². The number of hydrogen-bond acceptors (Lipinski definition) is 3. The average Bonchev–Trinajstić information content (AvgIpc) is 2.29. The number of hydrogen-bond donors (Lipinski definition) is 2. The molecule has 0 bridgehead atoms. The lowest BCUT2D eigenvalue weighted by Crippen LogP contribution is -2.30. The molecule has 1 aromatic rings. The molecular weight excluding hydrogens is 225 g/mol. The number of halogens is 1. The summed E-state index contributed by atoms with van der Waals surface area (Å²) < 4.78 is 18.6. The smallest absolute Gasteiger partial charge is 0.253 e. The molecule has 0 unspecified atom stereocenters. The second kappa shape index (κ2) is 6.20. The maximum absolute atomic E-state index is 13.3. The molecule has 0 aliphatic rings. The first-order valence-corrected chi connectivity index (χ1v) is 5.49. The van der Waals surface area contributed by atoms with E-state index in [1.54, 1.807) is 6.92 Å². The molecule has 1 amide bonds. The van der Waals surface area contributed by atoms with Crippen LogP contribution in [-0.4, -0.2) is 23.7 Å². The summed E-state index contributed by atoms with van der Waals surface area (Å²) in [5.74, 6) is -1.25. The number of ether oxygens (including phenoxy) is 1. The van der Waals surface area contributed by atoms with E-state index in [0.717, 1.165) is 6.07 Å². The normalized spacial score (nSPS) is 12.2. The van der Waals surface area contributed by atoms with Crippen molar-refractivity contribution in [1.82, 2.24) is 0 Å². The minimum Gasteiger partial charge on any atom is -0.508 e. The molecule has 0 radical (unpaired) electrons. The molecule has 4 nitrogen and oxygen atoms in total. The number of amides is 1. The molecule has 2 N–H and O–H groups in total. The van der Waals surface area contributed by atoms with Crippen LogP contribution in [0.5, 0.6) is 5.75 Å². The van der Waals surface area contributed by atoms with Gasteiger partial charge in [0.15, 0.2) is 0 Å². The second-order valence-electron chi connectivity index (χ2n) is 3.51. The molecule has 0 heterocycles.